The van der Waals surface area contributed by atoms with Crippen LogP contribution in [-0.4, -0.2) is 69.0 Å². The molecule has 0 saturated carbocycles. The molecular formula is C25H35N3O6S. The van der Waals surface area contributed by atoms with Crippen LogP contribution in [0.3, 0.4) is 0 Å². The van der Waals surface area contributed by atoms with Gasteiger partial charge in [0.05, 0.1) is 6.54 Å². The van der Waals surface area contributed by atoms with Crippen LogP contribution in [0.25, 0.3) is 10.9 Å². The molecule has 10 heteroatoms. The van der Waals surface area contributed by atoms with Crippen LogP contribution in [0.5, 0.6) is 0 Å². The molecule has 4 rings (SSSR count). The van der Waals surface area contributed by atoms with Crippen molar-refractivity contribution in [1.29, 1.82) is 0 Å². The second-order valence-corrected chi connectivity index (χ2v) is 11.9. The second-order valence-electron chi connectivity index (χ2n) is 9.48. The Labute approximate surface area is 205 Å². The lowest BCUT2D eigenvalue weighted by Crippen LogP contribution is -2.37. The van der Waals surface area contributed by atoms with E-state index >= 15 is 0 Å². The Morgan fingerprint density at radius 3 is 2.66 bits per heavy atom. The summed E-state index contributed by atoms with van der Waals surface area (Å²) in [7, 11) is -3.31. The number of hydrogen-bond donors (Lipinski definition) is 4. The molecular weight excluding hydrogens is 470 g/mol. The first-order chi connectivity index (χ1) is 16.8. The average Bonchev–Trinajstić information content (AvgIpc) is 3.25. The summed E-state index contributed by atoms with van der Waals surface area (Å²) in [6, 6.07) is 5.29. The van der Waals surface area contributed by atoms with Crippen LogP contribution in [-0.2, 0) is 25.8 Å². The van der Waals surface area contributed by atoms with Gasteiger partial charge in [-0.25, -0.2) is 8.42 Å². The van der Waals surface area contributed by atoms with Gasteiger partial charge in [0, 0.05) is 54.3 Å². The molecule has 1 aliphatic heterocycles. The molecule has 0 bridgehead atoms. The predicted octanol–water partition coefficient (Wildman–Crippen LogP) is 1.86. The van der Waals surface area contributed by atoms with Gasteiger partial charge < -0.3 is 25.5 Å². The molecule has 9 nitrogen and oxygen atoms in total. The third-order valence-corrected chi connectivity index (χ3v) is 9.44. The predicted molar refractivity (Wildman–Crippen MR) is 133 cm³/mol. The molecule has 2 aromatic rings. The number of benzene rings is 1. The summed E-state index contributed by atoms with van der Waals surface area (Å²) in [5.41, 5.74) is 2.98. The number of aliphatic hydroxyl groups excluding tert-OH is 1. The summed E-state index contributed by atoms with van der Waals surface area (Å²) < 4.78 is 31.7. The summed E-state index contributed by atoms with van der Waals surface area (Å²) in [6.07, 6.45) is 3.72. The number of amides is 2. The molecule has 0 radical (unpaired) electrons. The Hall–Kier alpha value is -2.43. The van der Waals surface area contributed by atoms with E-state index in [1.807, 2.05) is 6.07 Å². The van der Waals surface area contributed by atoms with Crippen LogP contribution < -0.4 is 10.6 Å². The zero-order valence-corrected chi connectivity index (χ0v) is 21.0. The number of aliphatic hydroxyl groups is 1. The molecule has 35 heavy (non-hydrogen) atoms. The SMILES string of the molecule is CCS(=O)(=O)C1CC(C2CCOCC2)Cc2c1[nH]c1ccc(C(=O)NCC(=O)NCCCO)cc21. The lowest BCUT2D eigenvalue weighted by Gasteiger charge is -2.36. The molecule has 0 spiro atoms. The lowest BCUT2D eigenvalue weighted by molar-refractivity contribution is -0.120. The highest BCUT2D eigenvalue weighted by molar-refractivity contribution is 7.91. The zero-order valence-electron chi connectivity index (χ0n) is 20.1. The lowest BCUT2D eigenvalue weighted by atomic mass is 9.75. The maximum Gasteiger partial charge on any atom is 0.251 e. The van der Waals surface area contributed by atoms with E-state index in [1.165, 1.54) is 0 Å². The number of ether oxygens (including phenoxy) is 1. The van der Waals surface area contributed by atoms with Gasteiger partial charge in [-0.05, 0) is 67.7 Å². The summed E-state index contributed by atoms with van der Waals surface area (Å²) in [6.45, 7) is 3.30. The van der Waals surface area contributed by atoms with Gasteiger partial charge in [0.2, 0.25) is 5.91 Å². The van der Waals surface area contributed by atoms with Crippen molar-refractivity contribution in [3.8, 4) is 0 Å². The van der Waals surface area contributed by atoms with Crippen molar-refractivity contribution in [2.45, 2.75) is 44.3 Å². The van der Waals surface area contributed by atoms with Crippen LogP contribution in [0, 0.1) is 11.8 Å². The minimum Gasteiger partial charge on any atom is -0.396 e. The molecule has 2 heterocycles. The van der Waals surface area contributed by atoms with Gasteiger partial charge >= 0.3 is 0 Å². The Morgan fingerprint density at radius 2 is 1.94 bits per heavy atom. The molecule has 2 atom stereocenters. The first-order valence-electron chi connectivity index (χ1n) is 12.4. The van der Waals surface area contributed by atoms with E-state index in [0.717, 1.165) is 41.4 Å². The number of sulfone groups is 1. The van der Waals surface area contributed by atoms with Crippen molar-refractivity contribution < 1.29 is 27.9 Å². The molecule has 4 N–H and O–H groups in total. The van der Waals surface area contributed by atoms with E-state index in [0.29, 0.717) is 44.1 Å². The summed E-state index contributed by atoms with van der Waals surface area (Å²) in [5.74, 6) is 0.0672. The van der Waals surface area contributed by atoms with E-state index in [-0.39, 0.29) is 36.6 Å². The normalized spacial score (nSPS) is 21.0. The van der Waals surface area contributed by atoms with Crippen LogP contribution in [0.15, 0.2) is 18.2 Å². The van der Waals surface area contributed by atoms with Crippen molar-refractivity contribution in [3.63, 3.8) is 0 Å². The van der Waals surface area contributed by atoms with Gasteiger partial charge in [-0.2, -0.15) is 0 Å². The highest BCUT2D eigenvalue weighted by atomic mass is 32.2. The fourth-order valence-corrected chi connectivity index (χ4v) is 6.85. The van der Waals surface area contributed by atoms with E-state index in [1.54, 1.807) is 19.1 Å². The molecule has 2 aliphatic rings. The fourth-order valence-electron chi connectivity index (χ4n) is 5.35. The standard InChI is InChI=1S/C25H35N3O6S/c1-2-35(32,33)22-14-18(16-6-10-34-11-7-16)13-20-19-12-17(4-5-21(19)28-24(20)22)25(31)27-15-23(30)26-8-3-9-29/h4-5,12,16,18,22,28-29H,2-3,6-11,13-15H2,1H3,(H,26,30)(H,27,31). The van der Waals surface area contributed by atoms with Crippen LogP contribution in [0.4, 0.5) is 0 Å². The first kappa shape index (κ1) is 25.7. The third-order valence-electron chi connectivity index (χ3n) is 7.34. The number of aromatic amines is 1. The van der Waals surface area contributed by atoms with Gasteiger partial charge in [-0.1, -0.05) is 6.92 Å². The van der Waals surface area contributed by atoms with Gasteiger partial charge in [0.25, 0.3) is 5.91 Å². The molecule has 1 aromatic heterocycles. The van der Waals surface area contributed by atoms with Crippen LogP contribution >= 0.6 is 0 Å². The number of carbonyl (C=O) groups is 2. The number of nitrogens with one attached hydrogen (secondary N) is 3. The Bertz CT molecular complexity index is 1170. The van der Waals surface area contributed by atoms with Crippen LogP contribution in [0.2, 0.25) is 0 Å². The second kappa shape index (κ2) is 11.1. The maximum atomic E-state index is 13.1. The average molecular weight is 506 g/mol. The van der Waals surface area contributed by atoms with E-state index in [9.17, 15) is 18.0 Å². The quantitative estimate of drug-likeness (QED) is 0.384. The smallest absolute Gasteiger partial charge is 0.251 e. The van der Waals surface area contributed by atoms with Gasteiger partial charge in [-0.3, -0.25) is 9.59 Å². The number of rotatable bonds is 9. The number of carbonyl (C=O) groups excluding carboxylic acids is 2. The van der Waals surface area contributed by atoms with Gasteiger partial charge in [0.1, 0.15) is 5.25 Å². The molecule has 1 saturated heterocycles. The Kier molecular flexibility index (Phi) is 8.13. The minimum atomic E-state index is -3.31. The monoisotopic (exact) mass is 505 g/mol. The zero-order chi connectivity index (χ0) is 25.0. The van der Waals surface area contributed by atoms with Crippen molar-refractivity contribution in [2.75, 3.05) is 38.7 Å². The first-order valence-corrected chi connectivity index (χ1v) is 14.1. The van der Waals surface area contributed by atoms with Gasteiger partial charge in [-0.15, -0.1) is 0 Å². The highest BCUT2D eigenvalue weighted by Crippen LogP contribution is 2.45. The van der Waals surface area contributed by atoms with Crippen molar-refractivity contribution in [2.24, 2.45) is 11.8 Å². The van der Waals surface area contributed by atoms with Crippen molar-refractivity contribution >= 4 is 32.6 Å². The Balaban J connectivity index is 1.59. The van der Waals surface area contributed by atoms with Crippen LogP contribution in [0.1, 0.15) is 59.5 Å². The van der Waals surface area contributed by atoms with Gasteiger partial charge in [0.15, 0.2) is 9.84 Å². The van der Waals surface area contributed by atoms with Crippen molar-refractivity contribution in [1.82, 2.24) is 15.6 Å². The molecule has 1 aromatic carbocycles. The maximum absolute atomic E-state index is 13.1. The topological polar surface area (TPSA) is 138 Å². The summed E-state index contributed by atoms with van der Waals surface area (Å²) in [5, 5.41) is 14.4. The minimum absolute atomic E-state index is 0.0105. The van der Waals surface area contributed by atoms with Crippen molar-refractivity contribution in [3.05, 3.63) is 35.0 Å². The molecule has 192 valence electrons. The highest BCUT2D eigenvalue weighted by Gasteiger charge is 2.40. The summed E-state index contributed by atoms with van der Waals surface area (Å²) >= 11 is 0. The van der Waals surface area contributed by atoms with E-state index < -0.39 is 15.1 Å². The van der Waals surface area contributed by atoms with E-state index in [4.69, 9.17) is 9.84 Å². The van der Waals surface area contributed by atoms with E-state index in [2.05, 4.69) is 15.6 Å². The largest absolute Gasteiger partial charge is 0.396 e. The summed E-state index contributed by atoms with van der Waals surface area (Å²) in [4.78, 5) is 28.0. The molecule has 2 unspecified atom stereocenters. The third kappa shape index (κ3) is 5.70. The fraction of sp³-hybridized carbons (Fsp3) is 0.600. The number of fused-ring (bicyclic) bond motifs is 3. The number of aromatic nitrogens is 1. The molecule has 1 fully saturated rings. The molecule has 2 amide bonds. The molecule has 1 aliphatic carbocycles. The number of hydrogen-bond acceptors (Lipinski definition) is 6. The Morgan fingerprint density at radius 1 is 1.17 bits per heavy atom. The number of H-pyrrole nitrogens is 1.